The molecule has 1 aliphatic rings. The van der Waals surface area contributed by atoms with E-state index < -0.39 is 5.63 Å². The molecule has 0 spiro atoms. The molecule has 1 aromatic rings. The van der Waals surface area contributed by atoms with Gasteiger partial charge in [-0.2, -0.15) is 5.26 Å². The van der Waals surface area contributed by atoms with Gasteiger partial charge in [0, 0.05) is 12.0 Å². The van der Waals surface area contributed by atoms with E-state index in [-0.39, 0.29) is 17.7 Å². The van der Waals surface area contributed by atoms with Crippen LogP contribution in [-0.2, 0) is 0 Å². The summed E-state index contributed by atoms with van der Waals surface area (Å²) in [6, 6.07) is 3.72. The Morgan fingerprint density at radius 1 is 1.55 bits per heavy atom. The van der Waals surface area contributed by atoms with Gasteiger partial charge in [-0.05, 0) is 12.8 Å². The Balaban J connectivity index is 2.64. The number of nitriles is 1. The van der Waals surface area contributed by atoms with Gasteiger partial charge < -0.3 is 14.9 Å². The zero-order valence-corrected chi connectivity index (χ0v) is 11.9. The molecule has 106 valence electrons. The summed E-state index contributed by atoms with van der Waals surface area (Å²) in [6.45, 7) is 5.75. The Hall–Kier alpha value is -2.22. The number of nitrogens with zero attached hydrogens (tertiary/aromatic N) is 1. The van der Waals surface area contributed by atoms with Crippen LogP contribution in [0.4, 0.5) is 0 Å². The molecule has 5 heteroatoms. The van der Waals surface area contributed by atoms with Crippen molar-refractivity contribution in [2.75, 3.05) is 0 Å². The summed E-state index contributed by atoms with van der Waals surface area (Å²) >= 11 is 0. The van der Waals surface area contributed by atoms with Gasteiger partial charge in [-0.25, -0.2) is 4.79 Å². The minimum absolute atomic E-state index is 0.0814. The summed E-state index contributed by atoms with van der Waals surface area (Å²) in [5.41, 5.74) is 6.10. The molecule has 0 amide bonds. The normalized spacial score (nSPS) is 19.0. The van der Waals surface area contributed by atoms with Crippen LogP contribution < -0.4 is 16.1 Å². The molecule has 2 atom stereocenters. The van der Waals surface area contributed by atoms with Crippen molar-refractivity contribution in [1.82, 2.24) is 0 Å². The predicted molar refractivity (Wildman–Crippen MR) is 74.0 cm³/mol. The maximum atomic E-state index is 12.2. The molecule has 1 aliphatic heterocycles. The van der Waals surface area contributed by atoms with Gasteiger partial charge in [-0.15, -0.1) is 0 Å². The zero-order valence-electron chi connectivity index (χ0n) is 11.9. The standard InChI is InChI=1S/C15H18N2O3/c1-4-5-8(2)12-10(7-16)14(17)20-11-6-9(3)19-15(18)13(11)12/h6,8,12H,4-5,17H2,1-3H3/t8-,12+/m0/s1. The molecule has 0 radical (unpaired) electrons. The van der Waals surface area contributed by atoms with Gasteiger partial charge in [-0.1, -0.05) is 26.7 Å². The first kappa shape index (κ1) is 14.2. The first-order valence-electron chi connectivity index (χ1n) is 6.71. The fourth-order valence-electron chi connectivity index (χ4n) is 2.75. The largest absolute Gasteiger partial charge is 0.440 e. The molecule has 2 N–H and O–H groups in total. The summed E-state index contributed by atoms with van der Waals surface area (Å²) in [7, 11) is 0. The Kier molecular flexibility index (Phi) is 3.84. The maximum Gasteiger partial charge on any atom is 0.343 e. The number of aryl methyl sites for hydroxylation is 1. The lowest BCUT2D eigenvalue weighted by molar-refractivity contribution is 0.338. The highest BCUT2D eigenvalue weighted by molar-refractivity contribution is 5.48. The molecule has 0 saturated heterocycles. The fourth-order valence-corrected chi connectivity index (χ4v) is 2.75. The van der Waals surface area contributed by atoms with Gasteiger partial charge in [0.15, 0.2) is 0 Å². The quantitative estimate of drug-likeness (QED) is 0.914. The van der Waals surface area contributed by atoms with Crippen molar-refractivity contribution in [3.63, 3.8) is 0 Å². The van der Waals surface area contributed by atoms with Crippen LogP contribution in [0, 0.1) is 24.2 Å². The van der Waals surface area contributed by atoms with Crippen LogP contribution in [0.3, 0.4) is 0 Å². The number of allylic oxidation sites excluding steroid dienone is 1. The second-order valence-electron chi connectivity index (χ2n) is 5.16. The third-order valence-corrected chi connectivity index (χ3v) is 3.61. The van der Waals surface area contributed by atoms with E-state index in [4.69, 9.17) is 14.9 Å². The van der Waals surface area contributed by atoms with Crippen LogP contribution in [0.2, 0.25) is 0 Å². The van der Waals surface area contributed by atoms with E-state index in [1.54, 1.807) is 13.0 Å². The van der Waals surface area contributed by atoms with Crippen LogP contribution in [0.5, 0.6) is 5.75 Å². The van der Waals surface area contributed by atoms with Gasteiger partial charge in [0.25, 0.3) is 0 Å². The summed E-state index contributed by atoms with van der Waals surface area (Å²) in [5.74, 6) is 0.701. The number of ether oxygens (including phenoxy) is 1. The molecule has 2 rings (SSSR count). The third kappa shape index (κ3) is 2.29. The summed E-state index contributed by atoms with van der Waals surface area (Å²) in [6.07, 6.45) is 1.85. The van der Waals surface area contributed by atoms with Crippen molar-refractivity contribution in [2.45, 2.75) is 39.5 Å². The van der Waals surface area contributed by atoms with Gasteiger partial charge in [0.1, 0.15) is 17.6 Å². The van der Waals surface area contributed by atoms with Crippen molar-refractivity contribution in [1.29, 1.82) is 5.26 Å². The molecular weight excluding hydrogens is 256 g/mol. The minimum atomic E-state index is -0.451. The smallest absolute Gasteiger partial charge is 0.343 e. The number of nitrogens with two attached hydrogens (primary N) is 1. The van der Waals surface area contributed by atoms with Crippen molar-refractivity contribution in [3.8, 4) is 11.8 Å². The molecule has 2 heterocycles. The van der Waals surface area contributed by atoms with Crippen molar-refractivity contribution < 1.29 is 9.15 Å². The molecule has 0 unspecified atom stereocenters. The van der Waals surface area contributed by atoms with E-state index in [1.807, 2.05) is 6.92 Å². The summed E-state index contributed by atoms with van der Waals surface area (Å²) < 4.78 is 10.6. The van der Waals surface area contributed by atoms with Gasteiger partial charge in [-0.3, -0.25) is 0 Å². The second kappa shape index (κ2) is 5.41. The van der Waals surface area contributed by atoms with Crippen LogP contribution in [0.15, 0.2) is 26.7 Å². The zero-order chi connectivity index (χ0) is 14.9. The summed E-state index contributed by atoms with van der Waals surface area (Å²) in [5, 5.41) is 9.32. The molecule has 0 bridgehead atoms. The lowest BCUT2D eigenvalue weighted by Crippen LogP contribution is -2.29. The predicted octanol–water partition coefficient (Wildman–Crippen LogP) is 2.55. The van der Waals surface area contributed by atoms with Crippen molar-refractivity contribution >= 4 is 0 Å². The number of fused-ring (bicyclic) bond motifs is 1. The summed E-state index contributed by atoms with van der Waals surface area (Å²) in [4.78, 5) is 12.2. The second-order valence-corrected chi connectivity index (χ2v) is 5.16. The Morgan fingerprint density at radius 2 is 2.25 bits per heavy atom. The highest BCUT2D eigenvalue weighted by Crippen LogP contribution is 2.41. The molecular formula is C15H18N2O3. The molecule has 5 nitrogen and oxygen atoms in total. The highest BCUT2D eigenvalue weighted by atomic mass is 16.5. The van der Waals surface area contributed by atoms with Crippen LogP contribution >= 0.6 is 0 Å². The van der Waals surface area contributed by atoms with Crippen molar-refractivity contribution in [3.05, 3.63) is 39.3 Å². The lowest BCUT2D eigenvalue weighted by Gasteiger charge is -2.29. The Morgan fingerprint density at radius 3 is 2.85 bits per heavy atom. The SMILES string of the molecule is CCC[C@H](C)[C@@H]1C(C#N)=C(N)Oc2cc(C)oc(=O)c21. The van der Waals surface area contributed by atoms with E-state index in [0.717, 1.165) is 12.8 Å². The Bertz CT molecular complexity index is 652. The fraction of sp³-hybridized carbons (Fsp3) is 0.467. The first-order chi connectivity index (χ1) is 9.49. The van der Waals surface area contributed by atoms with E-state index in [2.05, 4.69) is 13.0 Å². The van der Waals surface area contributed by atoms with E-state index in [9.17, 15) is 10.1 Å². The Labute approximate surface area is 117 Å². The highest BCUT2D eigenvalue weighted by Gasteiger charge is 2.36. The molecule has 0 aromatic carbocycles. The molecule has 20 heavy (non-hydrogen) atoms. The number of hydrogen-bond donors (Lipinski definition) is 1. The van der Waals surface area contributed by atoms with Crippen LogP contribution in [0.1, 0.15) is 43.9 Å². The van der Waals surface area contributed by atoms with E-state index >= 15 is 0 Å². The van der Waals surface area contributed by atoms with Gasteiger partial charge in [0.05, 0.1) is 11.1 Å². The average Bonchev–Trinajstić information content (AvgIpc) is 2.36. The molecule has 1 aromatic heterocycles. The maximum absolute atomic E-state index is 12.2. The minimum Gasteiger partial charge on any atom is -0.440 e. The molecule has 0 aliphatic carbocycles. The molecule has 0 fully saturated rings. The monoisotopic (exact) mass is 274 g/mol. The van der Waals surface area contributed by atoms with Gasteiger partial charge in [0.2, 0.25) is 5.88 Å². The van der Waals surface area contributed by atoms with Crippen molar-refractivity contribution in [2.24, 2.45) is 11.7 Å². The number of hydrogen-bond acceptors (Lipinski definition) is 5. The van der Waals surface area contributed by atoms with Gasteiger partial charge >= 0.3 is 5.63 Å². The topological polar surface area (TPSA) is 89.2 Å². The third-order valence-electron chi connectivity index (χ3n) is 3.61. The molecule has 0 saturated carbocycles. The van der Waals surface area contributed by atoms with E-state index in [0.29, 0.717) is 22.6 Å². The number of rotatable bonds is 3. The first-order valence-corrected chi connectivity index (χ1v) is 6.71. The van der Waals surface area contributed by atoms with Crippen LogP contribution in [0.25, 0.3) is 0 Å². The lowest BCUT2D eigenvalue weighted by atomic mass is 9.79. The van der Waals surface area contributed by atoms with Crippen LogP contribution in [-0.4, -0.2) is 0 Å². The average molecular weight is 274 g/mol. The van der Waals surface area contributed by atoms with E-state index in [1.165, 1.54) is 0 Å².